The Bertz CT molecular complexity index is 268. The molecule has 0 heterocycles. The molecule has 2 aliphatic carbocycles. The lowest BCUT2D eigenvalue weighted by molar-refractivity contribution is -0.155. The van der Waals surface area contributed by atoms with Gasteiger partial charge in [0.25, 0.3) is 0 Å². The van der Waals surface area contributed by atoms with Gasteiger partial charge in [0, 0.05) is 5.92 Å². The molecule has 0 spiro atoms. The van der Waals surface area contributed by atoms with Crippen molar-refractivity contribution in [2.45, 2.75) is 53.1 Å². The summed E-state index contributed by atoms with van der Waals surface area (Å²) in [4.78, 5) is 11.6. The van der Waals surface area contributed by atoms with E-state index in [1.54, 1.807) is 0 Å². The van der Waals surface area contributed by atoms with E-state index in [0.29, 0.717) is 11.3 Å². The van der Waals surface area contributed by atoms with Crippen LogP contribution in [0.25, 0.3) is 0 Å². The summed E-state index contributed by atoms with van der Waals surface area (Å²) >= 11 is 0. The van der Waals surface area contributed by atoms with Crippen LogP contribution >= 0.6 is 0 Å². The maximum Gasteiger partial charge on any atom is 0.308 e. The van der Waals surface area contributed by atoms with Crippen LogP contribution in [0.2, 0.25) is 0 Å². The molecule has 0 aromatic heterocycles. The summed E-state index contributed by atoms with van der Waals surface area (Å²) in [5.41, 5.74) is 0.391. The molecule has 0 aliphatic heterocycles. The summed E-state index contributed by atoms with van der Waals surface area (Å²) in [7, 11) is 0. The topological polar surface area (TPSA) is 26.3 Å². The third kappa shape index (κ3) is 1.68. The summed E-state index contributed by atoms with van der Waals surface area (Å²) in [6.45, 7) is 8.47. The van der Waals surface area contributed by atoms with Gasteiger partial charge < -0.3 is 4.74 Å². The highest BCUT2D eigenvalue weighted by Gasteiger charge is 2.54. The predicted molar refractivity (Wildman–Crippen MR) is 59.3 cm³/mol. The van der Waals surface area contributed by atoms with Gasteiger partial charge in [0.2, 0.25) is 0 Å². The fourth-order valence-electron chi connectivity index (χ4n) is 3.37. The van der Waals surface area contributed by atoms with Crippen molar-refractivity contribution in [1.82, 2.24) is 0 Å². The highest BCUT2D eigenvalue weighted by molar-refractivity contribution is 5.71. The molecule has 2 rings (SSSR count). The van der Waals surface area contributed by atoms with Crippen molar-refractivity contribution in [1.29, 1.82) is 0 Å². The predicted octanol–water partition coefficient (Wildman–Crippen LogP) is 3.01. The molecule has 0 radical (unpaired) electrons. The Morgan fingerprint density at radius 3 is 2.40 bits per heavy atom. The molecule has 2 aliphatic rings. The zero-order valence-electron chi connectivity index (χ0n) is 10.2. The van der Waals surface area contributed by atoms with Crippen LogP contribution in [0.5, 0.6) is 0 Å². The molecular weight excluding hydrogens is 188 g/mol. The van der Waals surface area contributed by atoms with Crippen molar-refractivity contribution >= 4 is 5.97 Å². The average molecular weight is 210 g/mol. The van der Waals surface area contributed by atoms with Crippen LogP contribution < -0.4 is 0 Å². The van der Waals surface area contributed by atoms with Gasteiger partial charge in [0.05, 0.1) is 5.92 Å². The van der Waals surface area contributed by atoms with Gasteiger partial charge in [-0.05, 0) is 30.6 Å². The zero-order chi connectivity index (χ0) is 11.2. The molecule has 2 fully saturated rings. The van der Waals surface area contributed by atoms with Gasteiger partial charge in [-0.3, -0.25) is 4.79 Å². The number of carbonyl (C=O) groups is 1. The molecule has 0 aromatic carbocycles. The molecule has 0 aromatic rings. The zero-order valence-corrected chi connectivity index (χ0v) is 10.2. The molecule has 86 valence electrons. The molecule has 2 nitrogen and oxygen atoms in total. The highest BCUT2D eigenvalue weighted by atomic mass is 16.5. The van der Waals surface area contributed by atoms with Crippen molar-refractivity contribution in [2.75, 3.05) is 0 Å². The fraction of sp³-hybridized carbons (Fsp3) is 0.923. The van der Waals surface area contributed by atoms with Crippen LogP contribution in [0, 0.1) is 23.2 Å². The van der Waals surface area contributed by atoms with E-state index in [2.05, 4.69) is 13.8 Å². The first-order chi connectivity index (χ1) is 6.93. The Kier molecular flexibility index (Phi) is 2.56. The highest BCUT2D eigenvalue weighted by Crippen LogP contribution is 2.58. The van der Waals surface area contributed by atoms with Crippen LogP contribution in [0.1, 0.15) is 47.0 Å². The summed E-state index contributed by atoms with van der Waals surface area (Å²) in [5, 5.41) is 0. The number of hydrogen-bond acceptors (Lipinski definition) is 2. The summed E-state index contributed by atoms with van der Waals surface area (Å²) in [6, 6.07) is 0. The normalized spacial score (nSPS) is 37.3. The number of fused-ring (bicyclic) bond motifs is 2. The quantitative estimate of drug-likeness (QED) is 0.655. The summed E-state index contributed by atoms with van der Waals surface area (Å²) < 4.78 is 5.60. The Morgan fingerprint density at radius 2 is 2.00 bits per heavy atom. The van der Waals surface area contributed by atoms with Crippen LogP contribution in [0.3, 0.4) is 0 Å². The van der Waals surface area contributed by atoms with Gasteiger partial charge in [0.1, 0.15) is 6.10 Å². The molecule has 2 heteroatoms. The third-order valence-corrected chi connectivity index (χ3v) is 4.54. The van der Waals surface area contributed by atoms with Gasteiger partial charge in [0.15, 0.2) is 0 Å². The van der Waals surface area contributed by atoms with E-state index in [0.717, 1.165) is 12.3 Å². The van der Waals surface area contributed by atoms with Crippen molar-refractivity contribution in [3.63, 3.8) is 0 Å². The Hall–Kier alpha value is -0.530. The Balaban J connectivity index is 2.01. The first-order valence-corrected chi connectivity index (χ1v) is 6.13. The summed E-state index contributed by atoms with van der Waals surface area (Å²) in [6.07, 6.45) is 3.87. The minimum Gasteiger partial charge on any atom is -0.462 e. The maximum absolute atomic E-state index is 11.6. The first kappa shape index (κ1) is 11.0. The molecule has 0 amide bonds. The van der Waals surface area contributed by atoms with Crippen molar-refractivity contribution < 1.29 is 9.53 Å². The van der Waals surface area contributed by atoms with Gasteiger partial charge in [-0.15, -0.1) is 0 Å². The lowest BCUT2D eigenvalue weighted by Gasteiger charge is -2.26. The van der Waals surface area contributed by atoms with Crippen LogP contribution in [0.4, 0.5) is 0 Å². The second kappa shape index (κ2) is 3.50. The number of hydrogen-bond donors (Lipinski definition) is 0. The van der Waals surface area contributed by atoms with E-state index >= 15 is 0 Å². The van der Waals surface area contributed by atoms with E-state index in [-0.39, 0.29) is 18.0 Å². The molecule has 3 atom stereocenters. The molecule has 2 bridgehead atoms. The van der Waals surface area contributed by atoms with Gasteiger partial charge in [-0.2, -0.15) is 0 Å². The molecule has 15 heavy (non-hydrogen) atoms. The van der Waals surface area contributed by atoms with Crippen molar-refractivity contribution in [3.8, 4) is 0 Å². The standard InChI is InChI=1S/C13H22O2/c1-8(2)12(14)15-11-7-9-5-6-10(11)13(9,3)4/h8-11H,5-7H2,1-4H3. The monoisotopic (exact) mass is 210 g/mol. The summed E-state index contributed by atoms with van der Waals surface area (Å²) in [5.74, 6) is 1.35. The first-order valence-electron chi connectivity index (χ1n) is 6.13. The molecule has 0 N–H and O–H groups in total. The molecular formula is C13H22O2. The smallest absolute Gasteiger partial charge is 0.308 e. The van der Waals surface area contributed by atoms with Crippen LogP contribution in [0.15, 0.2) is 0 Å². The minimum atomic E-state index is -0.0247. The number of ether oxygens (including phenoxy) is 1. The average Bonchev–Trinajstić information content (AvgIpc) is 2.54. The van der Waals surface area contributed by atoms with Crippen molar-refractivity contribution in [3.05, 3.63) is 0 Å². The van der Waals surface area contributed by atoms with E-state index in [1.807, 2.05) is 13.8 Å². The lowest BCUT2D eigenvalue weighted by atomic mass is 9.82. The SMILES string of the molecule is CC(C)C(=O)OC1CC2CCC1C2(C)C. The largest absolute Gasteiger partial charge is 0.462 e. The number of carbonyl (C=O) groups excluding carboxylic acids is 1. The lowest BCUT2D eigenvalue weighted by Crippen LogP contribution is -2.29. The van der Waals surface area contributed by atoms with E-state index in [4.69, 9.17) is 4.74 Å². The molecule has 0 saturated heterocycles. The second-order valence-electron chi connectivity index (χ2n) is 6.07. The third-order valence-electron chi connectivity index (χ3n) is 4.54. The van der Waals surface area contributed by atoms with Gasteiger partial charge >= 0.3 is 5.97 Å². The Morgan fingerprint density at radius 1 is 1.33 bits per heavy atom. The number of rotatable bonds is 2. The Labute approximate surface area is 92.4 Å². The molecule has 3 unspecified atom stereocenters. The fourth-order valence-corrected chi connectivity index (χ4v) is 3.37. The molecule has 2 saturated carbocycles. The second-order valence-corrected chi connectivity index (χ2v) is 6.07. The number of esters is 1. The van der Waals surface area contributed by atoms with Gasteiger partial charge in [-0.1, -0.05) is 27.7 Å². The van der Waals surface area contributed by atoms with E-state index in [9.17, 15) is 4.79 Å². The van der Waals surface area contributed by atoms with E-state index in [1.165, 1.54) is 12.8 Å². The van der Waals surface area contributed by atoms with Crippen molar-refractivity contribution in [2.24, 2.45) is 23.2 Å². The maximum atomic E-state index is 11.6. The van der Waals surface area contributed by atoms with Crippen LogP contribution in [-0.2, 0) is 9.53 Å². The van der Waals surface area contributed by atoms with Crippen LogP contribution in [-0.4, -0.2) is 12.1 Å². The van der Waals surface area contributed by atoms with E-state index < -0.39 is 0 Å². The van der Waals surface area contributed by atoms with Gasteiger partial charge in [-0.25, -0.2) is 0 Å². The minimum absolute atomic E-state index is 0.00670.